The lowest BCUT2D eigenvalue weighted by Gasteiger charge is -2.15. The molecule has 0 bridgehead atoms. The van der Waals surface area contributed by atoms with Crippen LogP contribution in [0.25, 0.3) is 0 Å². The second-order valence-electron chi connectivity index (χ2n) is 3.49. The normalized spacial score (nSPS) is 12.5. The molecule has 90 valence electrons. The Morgan fingerprint density at radius 1 is 1.69 bits per heavy atom. The quantitative estimate of drug-likeness (QED) is 0.851. The Hall–Kier alpha value is -1.07. The lowest BCUT2D eigenvalue weighted by molar-refractivity contribution is 0.190. The van der Waals surface area contributed by atoms with E-state index in [1.54, 1.807) is 13.3 Å². The van der Waals surface area contributed by atoms with Crippen LogP contribution < -0.4 is 10.9 Å². The van der Waals surface area contributed by atoms with Crippen LogP contribution in [0.3, 0.4) is 0 Å². The van der Waals surface area contributed by atoms with Crippen LogP contribution in [-0.2, 0) is 11.3 Å². The summed E-state index contributed by atoms with van der Waals surface area (Å²) in [6, 6.07) is 0.0705. The highest BCUT2D eigenvalue weighted by Gasteiger charge is 2.10. The third-order valence-corrected chi connectivity index (χ3v) is 2.47. The Morgan fingerprint density at radius 2 is 2.38 bits per heavy atom. The van der Waals surface area contributed by atoms with E-state index in [9.17, 15) is 4.79 Å². The molecule has 1 N–H and O–H groups in total. The van der Waals surface area contributed by atoms with Gasteiger partial charge in [0.25, 0.3) is 5.56 Å². The Morgan fingerprint density at radius 3 is 2.94 bits per heavy atom. The van der Waals surface area contributed by atoms with Crippen molar-refractivity contribution in [2.75, 3.05) is 19.0 Å². The lowest BCUT2D eigenvalue weighted by atomic mass is 10.3. The second kappa shape index (κ2) is 5.86. The molecule has 0 spiro atoms. The van der Waals surface area contributed by atoms with E-state index in [0.717, 1.165) is 0 Å². The monoisotopic (exact) mass is 245 g/mol. The van der Waals surface area contributed by atoms with Crippen LogP contribution in [0.1, 0.15) is 13.8 Å². The molecule has 0 aliphatic rings. The van der Waals surface area contributed by atoms with Crippen LogP contribution in [0.4, 0.5) is 5.69 Å². The molecule has 0 fully saturated rings. The zero-order chi connectivity index (χ0) is 12.1. The van der Waals surface area contributed by atoms with Crippen LogP contribution >= 0.6 is 11.6 Å². The summed E-state index contributed by atoms with van der Waals surface area (Å²) in [7, 11) is 1.62. The fourth-order valence-corrected chi connectivity index (χ4v) is 1.55. The van der Waals surface area contributed by atoms with Crippen molar-refractivity contribution in [2.45, 2.75) is 26.4 Å². The highest BCUT2D eigenvalue weighted by Crippen LogP contribution is 2.16. The van der Waals surface area contributed by atoms with Gasteiger partial charge < -0.3 is 10.1 Å². The maximum absolute atomic E-state index is 11.7. The Balaban J connectivity index is 2.90. The molecule has 0 aliphatic heterocycles. The summed E-state index contributed by atoms with van der Waals surface area (Å²) in [6.45, 7) is 4.82. The minimum Gasteiger partial charge on any atom is -0.383 e. The number of nitrogens with zero attached hydrogens (tertiary/aromatic N) is 2. The zero-order valence-electron chi connectivity index (χ0n) is 9.66. The van der Waals surface area contributed by atoms with Gasteiger partial charge in [-0.05, 0) is 13.8 Å². The molecule has 0 amide bonds. The first-order valence-corrected chi connectivity index (χ1v) is 5.49. The molecule has 1 rings (SSSR count). The molecule has 1 aromatic heterocycles. The summed E-state index contributed by atoms with van der Waals surface area (Å²) in [6.07, 6.45) is 1.55. The summed E-state index contributed by atoms with van der Waals surface area (Å²) in [4.78, 5) is 11.7. The van der Waals surface area contributed by atoms with Crippen molar-refractivity contribution in [1.82, 2.24) is 9.78 Å². The zero-order valence-corrected chi connectivity index (χ0v) is 10.4. The van der Waals surface area contributed by atoms with Gasteiger partial charge in [-0.2, -0.15) is 5.10 Å². The molecule has 6 heteroatoms. The third-order valence-electron chi connectivity index (χ3n) is 2.10. The SMILES string of the molecule is CCn1ncc(NC(C)COC)c(Cl)c1=O. The van der Waals surface area contributed by atoms with Gasteiger partial charge in [0.2, 0.25) is 0 Å². The maximum atomic E-state index is 11.7. The molecular weight excluding hydrogens is 230 g/mol. The molecule has 1 atom stereocenters. The minimum atomic E-state index is -0.279. The predicted octanol–water partition coefficient (Wildman–Crippen LogP) is 1.36. The predicted molar refractivity (Wildman–Crippen MR) is 64.1 cm³/mol. The molecule has 16 heavy (non-hydrogen) atoms. The Kier molecular flexibility index (Phi) is 4.76. The largest absolute Gasteiger partial charge is 0.383 e. The molecular formula is C10H16ClN3O2. The number of aromatic nitrogens is 2. The smallest absolute Gasteiger partial charge is 0.287 e. The Bertz CT molecular complexity index is 406. The van der Waals surface area contributed by atoms with Crippen molar-refractivity contribution in [3.05, 3.63) is 21.6 Å². The van der Waals surface area contributed by atoms with E-state index in [1.165, 1.54) is 4.68 Å². The van der Waals surface area contributed by atoms with Crippen LogP contribution in [0, 0.1) is 0 Å². The summed E-state index contributed by atoms with van der Waals surface area (Å²) in [5.74, 6) is 0. The molecule has 0 aliphatic carbocycles. The van der Waals surface area contributed by atoms with E-state index in [1.807, 2.05) is 13.8 Å². The van der Waals surface area contributed by atoms with Crippen molar-refractivity contribution >= 4 is 17.3 Å². The van der Waals surface area contributed by atoms with Gasteiger partial charge in [-0.3, -0.25) is 4.79 Å². The number of rotatable bonds is 5. The first kappa shape index (κ1) is 13.0. The first-order valence-electron chi connectivity index (χ1n) is 5.11. The lowest BCUT2D eigenvalue weighted by Crippen LogP contribution is -2.26. The number of hydrogen-bond acceptors (Lipinski definition) is 4. The molecule has 0 saturated heterocycles. The highest BCUT2D eigenvalue weighted by molar-refractivity contribution is 6.32. The number of methoxy groups -OCH3 is 1. The molecule has 0 aromatic carbocycles. The molecule has 1 aromatic rings. The number of nitrogens with one attached hydrogen (secondary N) is 1. The van der Waals surface area contributed by atoms with E-state index in [2.05, 4.69) is 10.4 Å². The highest BCUT2D eigenvalue weighted by atomic mass is 35.5. The standard InChI is InChI=1S/C10H16ClN3O2/c1-4-14-10(15)9(11)8(5-12-14)13-7(2)6-16-3/h5,7,13H,4,6H2,1-3H3. The van der Waals surface area contributed by atoms with Gasteiger partial charge in [0, 0.05) is 19.7 Å². The van der Waals surface area contributed by atoms with E-state index in [0.29, 0.717) is 18.8 Å². The first-order chi connectivity index (χ1) is 7.60. The third kappa shape index (κ3) is 2.96. The second-order valence-corrected chi connectivity index (χ2v) is 3.87. The van der Waals surface area contributed by atoms with E-state index in [-0.39, 0.29) is 16.6 Å². The molecule has 5 nitrogen and oxygen atoms in total. The average molecular weight is 246 g/mol. The number of halogens is 1. The van der Waals surface area contributed by atoms with Gasteiger partial charge in [0.15, 0.2) is 0 Å². The average Bonchev–Trinajstić information content (AvgIpc) is 2.25. The van der Waals surface area contributed by atoms with Crippen molar-refractivity contribution in [1.29, 1.82) is 0 Å². The van der Waals surface area contributed by atoms with Crippen LogP contribution in [0.5, 0.6) is 0 Å². The van der Waals surface area contributed by atoms with Gasteiger partial charge in [0.1, 0.15) is 5.02 Å². The van der Waals surface area contributed by atoms with Crippen molar-refractivity contribution in [2.24, 2.45) is 0 Å². The van der Waals surface area contributed by atoms with Gasteiger partial charge in [-0.25, -0.2) is 4.68 Å². The van der Waals surface area contributed by atoms with Crippen molar-refractivity contribution in [3.63, 3.8) is 0 Å². The van der Waals surface area contributed by atoms with Crippen LogP contribution in [-0.4, -0.2) is 29.5 Å². The topological polar surface area (TPSA) is 56.1 Å². The molecule has 0 radical (unpaired) electrons. The summed E-state index contributed by atoms with van der Waals surface area (Å²) in [5, 5.41) is 7.22. The van der Waals surface area contributed by atoms with Crippen LogP contribution in [0.15, 0.2) is 11.0 Å². The fraction of sp³-hybridized carbons (Fsp3) is 0.600. The number of aryl methyl sites for hydroxylation is 1. The number of anilines is 1. The molecule has 0 saturated carbocycles. The molecule has 1 unspecified atom stereocenters. The Labute approximate surface area is 99.4 Å². The van der Waals surface area contributed by atoms with E-state index in [4.69, 9.17) is 16.3 Å². The van der Waals surface area contributed by atoms with Gasteiger partial charge in [0.05, 0.1) is 18.5 Å². The summed E-state index contributed by atoms with van der Waals surface area (Å²) in [5.41, 5.74) is 0.264. The van der Waals surface area contributed by atoms with Crippen LogP contribution in [0.2, 0.25) is 5.02 Å². The van der Waals surface area contributed by atoms with E-state index < -0.39 is 0 Å². The number of hydrogen-bond donors (Lipinski definition) is 1. The number of ether oxygens (including phenoxy) is 1. The van der Waals surface area contributed by atoms with Crippen molar-refractivity contribution in [3.8, 4) is 0 Å². The van der Waals surface area contributed by atoms with Gasteiger partial charge in [-0.15, -0.1) is 0 Å². The molecule has 1 heterocycles. The summed E-state index contributed by atoms with van der Waals surface area (Å²) < 4.78 is 6.30. The summed E-state index contributed by atoms with van der Waals surface area (Å²) >= 11 is 5.94. The minimum absolute atomic E-state index is 0.0705. The van der Waals surface area contributed by atoms with Crippen molar-refractivity contribution < 1.29 is 4.74 Å². The van der Waals surface area contributed by atoms with E-state index >= 15 is 0 Å². The maximum Gasteiger partial charge on any atom is 0.287 e. The van der Waals surface area contributed by atoms with Gasteiger partial charge >= 0.3 is 0 Å². The van der Waals surface area contributed by atoms with Gasteiger partial charge in [-0.1, -0.05) is 11.6 Å². The fourth-order valence-electron chi connectivity index (χ4n) is 1.35.